The maximum absolute atomic E-state index is 9.02. The standard InChI is InChI=1S/C13H23N3O/c1-3-16-9-12(8-15-16)11(2)14-10-13(4-5-13)6-7-17/h8-9,11,14,17H,3-7,10H2,1-2H3. The summed E-state index contributed by atoms with van der Waals surface area (Å²) in [6.07, 6.45) is 7.47. The maximum Gasteiger partial charge on any atom is 0.0537 e. The molecule has 0 bridgehead atoms. The number of aromatic nitrogens is 2. The first-order chi connectivity index (χ1) is 8.19. The molecule has 1 unspecified atom stereocenters. The molecule has 0 saturated heterocycles. The van der Waals surface area contributed by atoms with Gasteiger partial charge >= 0.3 is 0 Å². The third-order valence-corrected chi connectivity index (χ3v) is 3.86. The lowest BCUT2D eigenvalue weighted by molar-refractivity contribution is 0.243. The van der Waals surface area contributed by atoms with Gasteiger partial charge in [0, 0.05) is 37.5 Å². The second-order valence-corrected chi connectivity index (χ2v) is 5.21. The Labute approximate surface area is 103 Å². The lowest BCUT2D eigenvalue weighted by atomic mass is 10.0. The molecule has 1 fully saturated rings. The molecule has 0 radical (unpaired) electrons. The van der Waals surface area contributed by atoms with Gasteiger partial charge in [-0.2, -0.15) is 5.10 Å². The molecule has 1 aliphatic rings. The Kier molecular flexibility index (Phi) is 3.84. The molecule has 1 aromatic rings. The number of aliphatic hydroxyl groups is 1. The van der Waals surface area contributed by atoms with Crippen LogP contribution < -0.4 is 5.32 Å². The van der Waals surface area contributed by atoms with E-state index in [2.05, 4.69) is 30.5 Å². The number of aryl methyl sites for hydroxylation is 1. The van der Waals surface area contributed by atoms with Crippen molar-refractivity contribution < 1.29 is 5.11 Å². The fourth-order valence-corrected chi connectivity index (χ4v) is 2.19. The second-order valence-electron chi connectivity index (χ2n) is 5.21. The van der Waals surface area contributed by atoms with Crippen LogP contribution in [0.5, 0.6) is 0 Å². The van der Waals surface area contributed by atoms with Crippen molar-refractivity contribution in [1.82, 2.24) is 15.1 Å². The third-order valence-electron chi connectivity index (χ3n) is 3.86. The minimum absolute atomic E-state index is 0.309. The van der Waals surface area contributed by atoms with E-state index in [4.69, 9.17) is 5.11 Å². The topological polar surface area (TPSA) is 50.1 Å². The molecule has 96 valence electrons. The van der Waals surface area contributed by atoms with Gasteiger partial charge in [-0.3, -0.25) is 4.68 Å². The average Bonchev–Trinajstić information content (AvgIpc) is 2.93. The van der Waals surface area contributed by atoms with Crippen LogP contribution >= 0.6 is 0 Å². The van der Waals surface area contributed by atoms with E-state index in [1.54, 1.807) is 0 Å². The van der Waals surface area contributed by atoms with E-state index in [1.807, 2.05) is 10.9 Å². The van der Waals surface area contributed by atoms with Gasteiger partial charge in [0.15, 0.2) is 0 Å². The van der Waals surface area contributed by atoms with Crippen LogP contribution in [0.3, 0.4) is 0 Å². The number of nitrogens with one attached hydrogen (secondary N) is 1. The van der Waals surface area contributed by atoms with Crippen LogP contribution in [0.4, 0.5) is 0 Å². The Morgan fingerprint density at radius 3 is 2.88 bits per heavy atom. The van der Waals surface area contributed by atoms with E-state index in [1.165, 1.54) is 18.4 Å². The summed E-state index contributed by atoms with van der Waals surface area (Å²) in [5.41, 5.74) is 1.62. The fraction of sp³-hybridized carbons (Fsp3) is 0.769. The zero-order valence-electron chi connectivity index (χ0n) is 10.8. The molecule has 1 saturated carbocycles. The van der Waals surface area contributed by atoms with Crippen LogP contribution in [-0.4, -0.2) is 28.0 Å². The summed E-state index contributed by atoms with van der Waals surface area (Å²) in [5.74, 6) is 0. The van der Waals surface area contributed by atoms with Crippen molar-refractivity contribution in [2.75, 3.05) is 13.2 Å². The van der Waals surface area contributed by atoms with E-state index in [0.29, 0.717) is 18.1 Å². The highest BCUT2D eigenvalue weighted by molar-refractivity contribution is 5.09. The number of hydrogen-bond acceptors (Lipinski definition) is 3. The van der Waals surface area contributed by atoms with Crippen LogP contribution in [0.2, 0.25) is 0 Å². The van der Waals surface area contributed by atoms with E-state index in [0.717, 1.165) is 19.5 Å². The third kappa shape index (κ3) is 3.07. The first kappa shape index (κ1) is 12.6. The zero-order chi connectivity index (χ0) is 12.3. The van der Waals surface area contributed by atoms with Gasteiger partial charge in [0.1, 0.15) is 0 Å². The monoisotopic (exact) mass is 237 g/mol. The minimum Gasteiger partial charge on any atom is -0.396 e. The molecule has 4 nitrogen and oxygen atoms in total. The van der Waals surface area contributed by atoms with E-state index in [9.17, 15) is 0 Å². The molecule has 4 heteroatoms. The van der Waals surface area contributed by atoms with Crippen molar-refractivity contribution in [1.29, 1.82) is 0 Å². The van der Waals surface area contributed by atoms with Gasteiger partial charge in [-0.1, -0.05) is 0 Å². The first-order valence-electron chi connectivity index (χ1n) is 6.56. The van der Waals surface area contributed by atoms with Crippen molar-refractivity contribution in [2.24, 2.45) is 5.41 Å². The molecule has 0 aromatic carbocycles. The highest BCUT2D eigenvalue weighted by Gasteiger charge is 2.41. The minimum atomic E-state index is 0.309. The lowest BCUT2D eigenvalue weighted by Gasteiger charge is -2.18. The van der Waals surface area contributed by atoms with E-state index >= 15 is 0 Å². The Hall–Kier alpha value is -0.870. The Bertz CT molecular complexity index is 357. The van der Waals surface area contributed by atoms with Crippen LogP contribution in [0.15, 0.2) is 12.4 Å². The van der Waals surface area contributed by atoms with Crippen LogP contribution in [0.25, 0.3) is 0 Å². The largest absolute Gasteiger partial charge is 0.396 e. The molecular formula is C13H23N3O. The highest BCUT2D eigenvalue weighted by atomic mass is 16.3. The predicted molar refractivity (Wildman–Crippen MR) is 67.7 cm³/mol. The summed E-state index contributed by atoms with van der Waals surface area (Å²) >= 11 is 0. The summed E-state index contributed by atoms with van der Waals surface area (Å²) < 4.78 is 1.95. The molecule has 1 atom stereocenters. The van der Waals surface area contributed by atoms with Crippen LogP contribution in [0, 0.1) is 5.41 Å². The summed E-state index contributed by atoms with van der Waals surface area (Å²) in [6, 6.07) is 0.339. The van der Waals surface area contributed by atoms with Crippen molar-refractivity contribution in [3.8, 4) is 0 Å². The van der Waals surface area contributed by atoms with Crippen molar-refractivity contribution in [2.45, 2.75) is 45.7 Å². The Morgan fingerprint density at radius 2 is 2.35 bits per heavy atom. The number of hydrogen-bond donors (Lipinski definition) is 2. The summed E-state index contributed by atoms with van der Waals surface area (Å²) in [4.78, 5) is 0. The molecule has 1 aromatic heterocycles. The van der Waals surface area contributed by atoms with Crippen molar-refractivity contribution >= 4 is 0 Å². The van der Waals surface area contributed by atoms with Gasteiger partial charge < -0.3 is 10.4 Å². The van der Waals surface area contributed by atoms with Crippen LogP contribution in [0.1, 0.15) is 44.7 Å². The highest BCUT2D eigenvalue weighted by Crippen LogP contribution is 2.48. The predicted octanol–water partition coefficient (Wildman–Crippen LogP) is 1.72. The van der Waals surface area contributed by atoms with E-state index in [-0.39, 0.29) is 0 Å². The Morgan fingerprint density at radius 1 is 1.59 bits per heavy atom. The average molecular weight is 237 g/mol. The molecule has 1 aliphatic carbocycles. The van der Waals surface area contributed by atoms with Crippen molar-refractivity contribution in [3.63, 3.8) is 0 Å². The Balaban J connectivity index is 1.82. The second kappa shape index (κ2) is 5.19. The quantitative estimate of drug-likeness (QED) is 0.759. The fourth-order valence-electron chi connectivity index (χ4n) is 2.19. The molecule has 17 heavy (non-hydrogen) atoms. The van der Waals surface area contributed by atoms with Gasteiger partial charge in [0.05, 0.1) is 6.20 Å². The van der Waals surface area contributed by atoms with Crippen molar-refractivity contribution in [3.05, 3.63) is 18.0 Å². The molecule has 2 rings (SSSR count). The lowest BCUT2D eigenvalue weighted by Crippen LogP contribution is -2.27. The first-order valence-corrected chi connectivity index (χ1v) is 6.56. The van der Waals surface area contributed by atoms with Gasteiger partial charge in [-0.05, 0) is 38.5 Å². The molecule has 0 aliphatic heterocycles. The smallest absolute Gasteiger partial charge is 0.0537 e. The molecule has 0 spiro atoms. The van der Waals surface area contributed by atoms with Gasteiger partial charge in [0.25, 0.3) is 0 Å². The van der Waals surface area contributed by atoms with E-state index < -0.39 is 0 Å². The van der Waals surface area contributed by atoms with Crippen LogP contribution in [-0.2, 0) is 6.54 Å². The zero-order valence-corrected chi connectivity index (χ0v) is 10.8. The molecule has 0 amide bonds. The normalized spacial score (nSPS) is 19.2. The molecular weight excluding hydrogens is 214 g/mol. The number of nitrogens with zero attached hydrogens (tertiary/aromatic N) is 2. The van der Waals surface area contributed by atoms with Gasteiger partial charge in [0.2, 0.25) is 0 Å². The maximum atomic E-state index is 9.02. The summed E-state index contributed by atoms with van der Waals surface area (Å²) in [5, 5.41) is 16.9. The number of rotatable bonds is 7. The summed E-state index contributed by atoms with van der Waals surface area (Å²) in [7, 11) is 0. The summed E-state index contributed by atoms with van der Waals surface area (Å²) in [6.45, 7) is 6.50. The number of aliphatic hydroxyl groups excluding tert-OH is 1. The molecule has 1 heterocycles. The van der Waals surface area contributed by atoms with Gasteiger partial charge in [-0.25, -0.2) is 0 Å². The van der Waals surface area contributed by atoms with Gasteiger partial charge in [-0.15, -0.1) is 0 Å². The molecule has 2 N–H and O–H groups in total. The SMILES string of the molecule is CCn1cc(C(C)NCC2(CCO)CC2)cn1.